The van der Waals surface area contributed by atoms with Crippen LogP contribution in [0.5, 0.6) is 5.75 Å². The highest BCUT2D eigenvalue weighted by molar-refractivity contribution is 7.13. The molecule has 10 heteroatoms. The van der Waals surface area contributed by atoms with Crippen LogP contribution in [0.4, 0.5) is 0 Å². The first-order chi connectivity index (χ1) is 13.0. The van der Waals surface area contributed by atoms with E-state index in [1.165, 1.54) is 6.07 Å². The van der Waals surface area contributed by atoms with Crippen LogP contribution in [0.25, 0.3) is 10.2 Å². The molecule has 0 radical (unpaired) electrons. The van der Waals surface area contributed by atoms with Crippen LogP contribution in [0.15, 0.2) is 36.4 Å². The minimum atomic E-state index is -0.620. The summed E-state index contributed by atoms with van der Waals surface area (Å²) >= 11 is 12.8. The Balaban J connectivity index is 1.41. The van der Waals surface area contributed by atoms with E-state index in [4.69, 9.17) is 37.4 Å². The van der Waals surface area contributed by atoms with Crippen molar-refractivity contribution >= 4 is 56.9 Å². The number of esters is 2. The average molecular weight is 427 g/mol. The van der Waals surface area contributed by atoms with Gasteiger partial charge in [-0.3, -0.25) is 0 Å². The van der Waals surface area contributed by atoms with Crippen molar-refractivity contribution < 1.29 is 23.8 Å². The molecule has 27 heavy (non-hydrogen) atoms. The predicted octanol–water partition coefficient (Wildman–Crippen LogP) is 3.78. The van der Waals surface area contributed by atoms with Gasteiger partial charge < -0.3 is 14.2 Å². The summed E-state index contributed by atoms with van der Waals surface area (Å²) in [7, 11) is 0. The molecule has 0 saturated heterocycles. The Morgan fingerprint density at radius 2 is 1.89 bits per heavy atom. The fourth-order valence-electron chi connectivity index (χ4n) is 2.10. The Labute approximate surface area is 167 Å². The summed E-state index contributed by atoms with van der Waals surface area (Å²) in [6.45, 7) is -0.519. The van der Waals surface area contributed by atoms with Gasteiger partial charge in [0.1, 0.15) is 24.5 Å². The lowest BCUT2D eigenvalue weighted by molar-refractivity contribution is -0.147. The SMILES string of the molecule is O=C(COc1ccc(Cl)cc1Cl)OCCOC(=O)c1cccc2nnsc12. The van der Waals surface area contributed by atoms with E-state index < -0.39 is 11.9 Å². The van der Waals surface area contributed by atoms with E-state index in [0.29, 0.717) is 26.6 Å². The van der Waals surface area contributed by atoms with Crippen LogP contribution in [-0.2, 0) is 14.3 Å². The van der Waals surface area contributed by atoms with Gasteiger partial charge in [-0.2, -0.15) is 0 Å². The molecule has 0 aliphatic rings. The number of hydrogen-bond donors (Lipinski definition) is 0. The third-order valence-electron chi connectivity index (χ3n) is 3.31. The Morgan fingerprint density at radius 1 is 1.07 bits per heavy atom. The molecule has 0 saturated carbocycles. The van der Waals surface area contributed by atoms with Crippen LogP contribution in [0, 0.1) is 0 Å². The number of aromatic nitrogens is 2. The molecule has 0 bridgehead atoms. The summed E-state index contributed by atoms with van der Waals surface area (Å²) in [6.07, 6.45) is 0. The zero-order chi connectivity index (χ0) is 19.2. The Bertz CT molecular complexity index is 979. The normalized spacial score (nSPS) is 10.6. The summed E-state index contributed by atoms with van der Waals surface area (Å²) in [5, 5.41) is 4.65. The monoisotopic (exact) mass is 426 g/mol. The molecule has 0 fully saturated rings. The third-order valence-corrected chi connectivity index (χ3v) is 4.62. The zero-order valence-electron chi connectivity index (χ0n) is 13.7. The number of rotatable bonds is 7. The van der Waals surface area contributed by atoms with Gasteiger partial charge in [0.15, 0.2) is 6.61 Å². The van der Waals surface area contributed by atoms with Crippen LogP contribution in [-0.4, -0.2) is 41.3 Å². The summed E-state index contributed by atoms with van der Waals surface area (Å²) in [5.41, 5.74) is 0.994. The van der Waals surface area contributed by atoms with Crippen molar-refractivity contribution in [3.63, 3.8) is 0 Å². The van der Waals surface area contributed by atoms with Crippen molar-refractivity contribution in [2.75, 3.05) is 19.8 Å². The average Bonchev–Trinajstić information content (AvgIpc) is 3.13. The van der Waals surface area contributed by atoms with Gasteiger partial charge in [-0.1, -0.05) is 33.8 Å². The first kappa shape index (κ1) is 19.3. The van der Waals surface area contributed by atoms with Crippen LogP contribution in [0.3, 0.4) is 0 Å². The number of hydrogen-bond acceptors (Lipinski definition) is 8. The second-order valence-electron chi connectivity index (χ2n) is 5.15. The minimum Gasteiger partial charge on any atom is -0.480 e. The molecule has 3 aromatic rings. The quantitative estimate of drug-likeness (QED) is 0.419. The zero-order valence-corrected chi connectivity index (χ0v) is 16.0. The summed E-state index contributed by atoms with van der Waals surface area (Å²) in [4.78, 5) is 23.8. The number of benzene rings is 2. The van der Waals surface area contributed by atoms with Crippen LogP contribution in [0.1, 0.15) is 10.4 Å². The third kappa shape index (κ3) is 5.06. The molecule has 0 N–H and O–H groups in total. The van der Waals surface area contributed by atoms with Gasteiger partial charge in [0, 0.05) is 5.02 Å². The van der Waals surface area contributed by atoms with E-state index in [1.54, 1.807) is 30.3 Å². The maximum absolute atomic E-state index is 12.1. The lowest BCUT2D eigenvalue weighted by atomic mass is 10.2. The summed E-state index contributed by atoms with van der Waals surface area (Å²) in [6, 6.07) is 9.72. The molecule has 1 aromatic heterocycles. The van der Waals surface area contributed by atoms with E-state index in [9.17, 15) is 9.59 Å². The topological polar surface area (TPSA) is 87.6 Å². The number of fused-ring (bicyclic) bond motifs is 1. The summed E-state index contributed by atoms with van der Waals surface area (Å²) < 4.78 is 19.8. The van der Waals surface area contributed by atoms with Crippen LogP contribution in [0.2, 0.25) is 10.0 Å². The van der Waals surface area contributed by atoms with E-state index in [1.807, 2.05) is 0 Å². The molecule has 0 unspecified atom stereocenters. The molecule has 0 aliphatic carbocycles. The van der Waals surface area contributed by atoms with E-state index in [0.717, 1.165) is 11.5 Å². The standard InChI is InChI=1S/C17H12Cl2N2O5S/c18-10-4-5-14(12(19)8-10)26-9-15(22)24-6-7-25-17(23)11-2-1-3-13-16(11)27-21-20-13/h1-5,8H,6-7,9H2. The van der Waals surface area contributed by atoms with Gasteiger partial charge in [-0.15, -0.1) is 5.10 Å². The fourth-order valence-corrected chi connectivity index (χ4v) is 3.23. The molecular formula is C17H12Cl2N2O5S. The highest BCUT2D eigenvalue weighted by atomic mass is 35.5. The number of halogens is 2. The van der Waals surface area contributed by atoms with Crippen molar-refractivity contribution in [3.8, 4) is 5.75 Å². The second-order valence-corrected chi connectivity index (χ2v) is 6.74. The number of carbonyl (C=O) groups excluding carboxylic acids is 2. The van der Waals surface area contributed by atoms with Crippen molar-refractivity contribution in [1.29, 1.82) is 0 Å². The predicted molar refractivity (Wildman–Crippen MR) is 101 cm³/mol. The Hall–Kier alpha value is -2.42. The lowest BCUT2D eigenvalue weighted by Crippen LogP contribution is -2.19. The molecule has 0 atom stereocenters. The molecule has 0 aliphatic heterocycles. The fraction of sp³-hybridized carbons (Fsp3) is 0.176. The maximum Gasteiger partial charge on any atom is 0.344 e. The van der Waals surface area contributed by atoms with E-state index in [-0.39, 0.29) is 24.8 Å². The lowest BCUT2D eigenvalue weighted by Gasteiger charge is -2.09. The minimum absolute atomic E-state index is 0.0884. The van der Waals surface area contributed by atoms with E-state index in [2.05, 4.69) is 9.59 Å². The van der Waals surface area contributed by atoms with Gasteiger partial charge >= 0.3 is 11.9 Å². The highest BCUT2D eigenvalue weighted by Crippen LogP contribution is 2.27. The number of carbonyl (C=O) groups is 2. The van der Waals surface area contributed by atoms with Gasteiger partial charge in [-0.05, 0) is 41.9 Å². The van der Waals surface area contributed by atoms with E-state index >= 15 is 0 Å². The molecule has 2 aromatic carbocycles. The van der Waals surface area contributed by atoms with Gasteiger partial charge in [0.2, 0.25) is 0 Å². The maximum atomic E-state index is 12.1. The van der Waals surface area contributed by atoms with Crippen molar-refractivity contribution in [1.82, 2.24) is 9.59 Å². The molecule has 7 nitrogen and oxygen atoms in total. The van der Waals surface area contributed by atoms with Crippen LogP contribution >= 0.6 is 34.7 Å². The molecular weight excluding hydrogens is 415 g/mol. The van der Waals surface area contributed by atoms with Gasteiger partial charge in [0.25, 0.3) is 0 Å². The first-order valence-corrected chi connectivity index (χ1v) is 9.19. The van der Waals surface area contributed by atoms with Crippen molar-refractivity contribution in [3.05, 3.63) is 52.0 Å². The molecule has 1 heterocycles. The molecule has 0 spiro atoms. The number of ether oxygens (including phenoxy) is 3. The molecule has 3 rings (SSSR count). The smallest absolute Gasteiger partial charge is 0.344 e. The van der Waals surface area contributed by atoms with Crippen molar-refractivity contribution in [2.24, 2.45) is 0 Å². The largest absolute Gasteiger partial charge is 0.480 e. The summed E-state index contributed by atoms with van der Waals surface area (Å²) in [5.74, 6) is -0.839. The van der Waals surface area contributed by atoms with Gasteiger partial charge in [0.05, 0.1) is 15.3 Å². The molecule has 140 valence electrons. The number of nitrogens with zero attached hydrogens (tertiary/aromatic N) is 2. The highest BCUT2D eigenvalue weighted by Gasteiger charge is 2.14. The molecule has 0 amide bonds. The Morgan fingerprint density at radius 3 is 2.70 bits per heavy atom. The van der Waals surface area contributed by atoms with Gasteiger partial charge in [-0.25, -0.2) is 9.59 Å². The van der Waals surface area contributed by atoms with Crippen molar-refractivity contribution in [2.45, 2.75) is 0 Å². The first-order valence-electron chi connectivity index (χ1n) is 7.66. The van der Waals surface area contributed by atoms with Crippen LogP contribution < -0.4 is 4.74 Å². The Kier molecular flexibility index (Phi) is 6.44. The second kappa shape index (κ2) is 8.98.